The van der Waals surface area contributed by atoms with Gasteiger partial charge in [0, 0.05) is 12.7 Å². The number of alkyl halides is 3. The van der Waals surface area contributed by atoms with Gasteiger partial charge in [0.05, 0.1) is 16.6 Å². The van der Waals surface area contributed by atoms with Crippen molar-refractivity contribution in [2.75, 3.05) is 11.9 Å². The van der Waals surface area contributed by atoms with Crippen molar-refractivity contribution in [1.29, 1.82) is 0 Å². The van der Waals surface area contributed by atoms with Crippen molar-refractivity contribution in [1.82, 2.24) is 9.55 Å². The van der Waals surface area contributed by atoms with Gasteiger partial charge in [0.1, 0.15) is 5.75 Å². The van der Waals surface area contributed by atoms with E-state index in [2.05, 4.69) is 10.3 Å². The number of anilines is 1. The summed E-state index contributed by atoms with van der Waals surface area (Å²) in [5.74, 6) is -0.286. The Balaban J connectivity index is 1.60. The van der Waals surface area contributed by atoms with Crippen LogP contribution in [-0.4, -0.2) is 22.1 Å². The molecule has 9 heteroatoms. The Labute approximate surface area is 151 Å². The second kappa shape index (κ2) is 6.87. The quantitative estimate of drug-likeness (QED) is 0.732. The predicted molar refractivity (Wildman–Crippen MR) is 91.3 cm³/mol. The highest BCUT2D eigenvalue weighted by Crippen LogP contribution is 2.30. The molecule has 1 N–H and O–H groups in total. The number of fused-ring (bicyclic) bond motifs is 1. The molecule has 1 amide bonds. The molecular formula is C17H13ClF3N3O2. The highest BCUT2D eigenvalue weighted by molar-refractivity contribution is 6.29. The van der Waals surface area contributed by atoms with Gasteiger partial charge in [-0.2, -0.15) is 13.2 Å². The van der Waals surface area contributed by atoms with Crippen LogP contribution in [-0.2, 0) is 18.0 Å². The zero-order chi connectivity index (χ0) is 18.9. The SMILES string of the molecule is Cn1c(Cl)nc2cc(NC(=O)COc3ccc(C(F)(F)F)cc3)ccc21. The lowest BCUT2D eigenvalue weighted by Gasteiger charge is -2.09. The van der Waals surface area contributed by atoms with Crippen molar-refractivity contribution >= 4 is 34.2 Å². The van der Waals surface area contributed by atoms with Crippen LogP contribution in [0.4, 0.5) is 18.9 Å². The summed E-state index contributed by atoms with van der Waals surface area (Å²) in [6, 6.07) is 9.24. The fraction of sp³-hybridized carbons (Fsp3) is 0.176. The third-order valence-corrected chi connectivity index (χ3v) is 4.00. The zero-order valence-electron chi connectivity index (χ0n) is 13.5. The van der Waals surface area contributed by atoms with Gasteiger partial charge in [-0.3, -0.25) is 4.79 Å². The van der Waals surface area contributed by atoms with Crippen LogP contribution in [0.25, 0.3) is 11.0 Å². The van der Waals surface area contributed by atoms with Crippen molar-refractivity contribution in [2.24, 2.45) is 7.05 Å². The summed E-state index contributed by atoms with van der Waals surface area (Å²) in [6.07, 6.45) is -4.41. The van der Waals surface area contributed by atoms with Gasteiger partial charge < -0.3 is 14.6 Å². The van der Waals surface area contributed by atoms with Crippen LogP contribution in [0, 0.1) is 0 Å². The Kier molecular flexibility index (Phi) is 4.78. The number of amides is 1. The molecule has 0 aliphatic rings. The molecule has 136 valence electrons. The first-order chi connectivity index (χ1) is 12.2. The minimum atomic E-state index is -4.41. The molecule has 1 aromatic heterocycles. The number of rotatable bonds is 4. The van der Waals surface area contributed by atoms with Gasteiger partial charge in [0.15, 0.2) is 6.61 Å². The number of ether oxygens (including phenoxy) is 1. The molecule has 0 radical (unpaired) electrons. The van der Waals surface area contributed by atoms with E-state index in [9.17, 15) is 18.0 Å². The van der Waals surface area contributed by atoms with Gasteiger partial charge in [-0.05, 0) is 54.1 Å². The van der Waals surface area contributed by atoms with Gasteiger partial charge in [-0.1, -0.05) is 0 Å². The molecule has 0 aliphatic carbocycles. The van der Waals surface area contributed by atoms with Crippen molar-refractivity contribution in [3.63, 3.8) is 0 Å². The number of hydrogen-bond acceptors (Lipinski definition) is 3. The minimum Gasteiger partial charge on any atom is -0.484 e. The highest BCUT2D eigenvalue weighted by atomic mass is 35.5. The van der Waals surface area contributed by atoms with E-state index in [0.29, 0.717) is 16.5 Å². The van der Waals surface area contributed by atoms with Crippen LogP contribution < -0.4 is 10.1 Å². The summed E-state index contributed by atoms with van der Waals surface area (Å²) in [5, 5.41) is 2.96. The molecule has 3 rings (SSSR count). The van der Waals surface area contributed by atoms with E-state index in [1.165, 1.54) is 0 Å². The van der Waals surface area contributed by atoms with Crippen LogP contribution in [0.3, 0.4) is 0 Å². The zero-order valence-corrected chi connectivity index (χ0v) is 14.2. The van der Waals surface area contributed by atoms with Crippen LogP contribution in [0.5, 0.6) is 5.75 Å². The standard InChI is InChI=1S/C17H13ClF3N3O2/c1-24-14-7-4-11(8-13(14)23-16(24)18)22-15(25)9-26-12-5-2-10(3-6-12)17(19,20)21/h2-8H,9H2,1H3,(H,22,25). The van der Waals surface area contributed by atoms with Crippen molar-refractivity contribution in [3.05, 3.63) is 53.3 Å². The third kappa shape index (κ3) is 3.91. The summed E-state index contributed by atoms with van der Waals surface area (Å²) in [4.78, 5) is 16.1. The molecule has 0 saturated heterocycles. The lowest BCUT2D eigenvalue weighted by Crippen LogP contribution is -2.20. The van der Waals surface area contributed by atoms with Gasteiger partial charge in [0.25, 0.3) is 5.91 Å². The number of hydrogen-bond donors (Lipinski definition) is 1. The van der Waals surface area contributed by atoms with E-state index in [0.717, 1.165) is 29.8 Å². The summed E-state index contributed by atoms with van der Waals surface area (Å²) < 4.78 is 44.4. The average molecular weight is 384 g/mol. The Morgan fingerprint density at radius 2 is 1.92 bits per heavy atom. The second-order valence-electron chi connectivity index (χ2n) is 5.50. The van der Waals surface area contributed by atoms with Crippen LogP contribution in [0.1, 0.15) is 5.56 Å². The molecule has 0 unspecified atom stereocenters. The summed E-state index contributed by atoms with van der Waals surface area (Å²) in [5.41, 5.74) is 1.16. The fourth-order valence-electron chi connectivity index (χ4n) is 2.33. The van der Waals surface area contributed by atoms with Crippen LogP contribution in [0.2, 0.25) is 5.28 Å². The number of imidazole rings is 1. The first-order valence-corrected chi connectivity index (χ1v) is 7.84. The number of carbonyl (C=O) groups is 1. The average Bonchev–Trinajstić information content (AvgIpc) is 2.86. The molecule has 0 bridgehead atoms. The fourth-order valence-corrected chi connectivity index (χ4v) is 2.52. The number of aryl methyl sites for hydroxylation is 1. The number of benzene rings is 2. The van der Waals surface area contributed by atoms with E-state index in [1.54, 1.807) is 29.8 Å². The topological polar surface area (TPSA) is 56.2 Å². The van der Waals surface area contributed by atoms with E-state index in [1.807, 2.05) is 0 Å². The van der Waals surface area contributed by atoms with Crippen LogP contribution >= 0.6 is 11.6 Å². The number of nitrogens with zero attached hydrogens (tertiary/aromatic N) is 2. The number of nitrogens with one attached hydrogen (secondary N) is 1. The smallest absolute Gasteiger partial charge is 0.416 e. The van der Waals surface area contributed by atoms with E-state index >= 15 is 0 Å². The molecule has 0 fully saturated rings. The Bertz CT molecular complexity index is 952. The monoisotopic (exact) mass is 383 g/mol. The molecule has 0 spiro atoms. The first kappa shape index (κ1) is 18.1. The summed E-state index contributed by atoms with van der Waals surface area (Å²) in [7, 11) is 1.77. The molecule has 26 heavy (non-hydrogen) atoms. The molecule has 0 atom stereocenters. The van der Waals surface area contributed by atoms with Gasteiger partial charge in [-0.15, -0.1) is 0 Å². The third-order valence-electron chi connectivity index (χ3n) is 3.66. The Morgan fingerprint density at radius 1 is 1.23 bits per heavy atom. The largest absolute Gasteiger partial charge is 0.484 e. The maximum absolute atomic E-state index is 12.5. The van der Waals surface area contributed by atoms with Crippen LogP contribution in [0.15, 0.2) is 42.5 Å². The maximum Gasteiger partial charge on any atom is 0.416 e. The summed E-state index contributed by atoms with van der Waals surface area (Å²) >= 11 is 5.94. The normalized spacial score (nSPS) is 11.6. The molecule has 0 aliphatic heterocycles. The highest BCUT2D eigenvalue weighted by Gasteiger charge is 2.30. The maximum atomic E-state index is 12.5. The Morgan fingerprint density at radius 3 is 2.58 bits per heavy atom. The van der Waals surface area contributed by atoms with Crippen molar-refractivity contribution < 1.29 is 22.7 Å². The molecule has 5 nitrogen and oxygen atoms in total. The number of carbonyl (C=O) groups excluding carboxylic acids is 1. The lowest BCUT2D eigenvalue weighted by molar-refractivity contribution is -0.137. The summed E-state index contributed by atoms with van der Waals surface area (Å²) in [6.45, 7) is -0.341. The van der Waals surface area contributed by atoms with Gasteiger partial charge in [0.2, 0.25) is 5.28 Å². The van der Waals surface area contributed by atoms with Crippen molar-refractivity contribution in [3.8, 4) is 5.75 Å². The number of halogens is 4. The van der Waals surface area contributed by atoms with E-state index in [4.69, 9.17) is 16.3 Å². The molecular weight excluding hydrogens is 371 g/mol. The van der Waals surface area contributed by atoms with E-state index in [-0.39, 0.29) is 12.4 Å². The van der Waals surface area contributed by atoms with Gasteiger partial charge >= 0.3 is 6.18 Å². The number of aromatic nitrogens is 2. The Hall–Kier alpha value is -2.74. The van der Waals surface area contributed by atoms with E-state index < -0.39 is 17.6 Å². The molecule has 1 heterocycles. The predicted octanol–water partition coefficient (Wildman–Crippen LogP) is 4.26. The van der Waals surface area contributed by atoms with Gasteiger partial charge in [-0.25, -0.2) is 4.98 Å². The second-order valence-corrected chi connectivity index (χ2v) is 5.84. The lowest BCUT2D eigenvalue weighted by atomic mass is 10.2. The molecule has 0 saturated carbocycles. The minimum absolute atomic E-state index is 0.167. The first-order valence-electron chi connectivity index (χ1n) is 7.46. The molecule has 2 aromatic carbocycles. The van der Waals surface area contributed by atoms with Crippen molar-refractivity contribution in [2.45, 2.75) is 6.18 Å². The molecule has 3 aromatic rings.